The van der Waals surface area contributed by atoms with Gasteiger partial charge in [-0.2, -0.15) is 0 Å². The number of rotatable bonds is 4. The van der Waals surface area contributed by atoms with Gasteiger partial charge in [0.15, 0.2) is 0 Å². The lowest BCUT2D eigenvalue weighted by atomic mass is 10.0. The third kappa shape index (κ3) is 5.35. The molecular weight excluding hydrogens is 342 g/mol. The van der Waals surface area contributed by atoms with Crippen molar-refractivity contribution < 1.29 is 24.5 Å². The van der Waals surface area contributed by atoms with Crippen LogP contribution in [0.2, 0.25) is 0 Å². The summed E-state index contributed by atoms with van der Waals surface area (Å²) in [6.07, 6.45) is -2.42. The molecule has 1 aromatic rings. The van der Waals surface area contributed by atoms with Crippen molar-refractivity contribution >= 4 is 28.0 Å². The zero-order chi connectivity index (χ0) is 16.2. The smallest absolute Gasteiger partial charge is 0.408 e. The number of carboxylic acids is 1. The highest BCUT2D eigenvalue weighted by atomic mass is 79.9. The van der Waals surface area contributed by atoms with Crippen LogP contribution in [0.1, 0.15) is 32.4 Å². The molecule has 0 fully saturated rings. The molecule has 6 nitrogen and oxygen atoms in total. The van der Waals surface area contributed by atoms with E-state index >= 15 is 0 Å². The van der Waals surface area contributed by atoms with Crippen LogP contribution in [0.15, 0.2) is 28.7 Å². The van der Waals surface area contributed by atoms with Crippen molar-refractivity contribution in [3.8, 4) is 0 Å². The molecule has 1 aromatic carbocycles. The van der Waals surface area contributed by atoms with E-state index < -0.39 is 29.8 Å². The third-order valence-electron chi connectivity index (χ3n) is 2.47. The Morgan fingerprint density at radius 1 is 1.33 bits per heavy atom. The fourth-order valence-corrected chi connectivity index (χ4v) is 2.12. The Morgan fingerprint density at radius 2 is 1.90 bits per heavy atom. The average molecular weight is 359 g/mol. The van der Waals surface area contributed by atoms with Crippen molar-refractivity contribution in [2.24, 2.45) is 0 Å². The molecule has 0 unspecified atom stereocenters. The molecule has 0 aromatic heterocycles. The second kappa shape index (κ2) is 6.91. The summed E-state index contributed by atoms with van der Waals surface area (Å²) in [4.78, 5) is 22.8. The van der Waals surface area contributed by atoms with Crippen molar-refractivity contribution in [1.82, 2.24) is 5.32 Å². The Balaban J connectivity index is 2.90. The van der Waals surface area contributed by atoms with Crippen LogP contribution in [0, 0.1) is 0 Å². The summed E-state index contributed by atoms with van der Waals surface area (Å²) in [5, 5.41) is 23.4. The molecule has 116 valence electrons. The second-order valence-electron chi connectivity index (χ2n) is 5.41. The number of carboxylic acid groups (broad SMARTS) is 1. The SMILES string of the molecule is CC(C)(C)OC(=O)N[C@@H](C(=O)[O-])[C@@H](O)c1ccccc1Br. The number of benzene rings is 1. The van der Waals surface area contributed by atoms with Crippen LogP contribution in [-0.4, -0.2) is 28.8 Å². The van der Waals surface area contributed by atoms with Crippen LogP contribution in [0.25, 0.3) is 0 Å². The molecular formula is C14H17BrNO5-. The average Bonchev–Trinajstić information content (AvgIpc) is 2.33. The third-order valence-corrected chi connectivity index (χ3v) is 3.19. The summed E-state index contributed by atoms with van der Waals surface area (Å²) < 4.78 is 5.49. The van der Waals surface area contributed by atoms with Gasteiger partial charge in [-0.3, -0.25) is 0 Å². The molecule has 0 heterocycles. The van der Waals surface area contributed by atoms with Gasteiger partial charge in [0.1, 0.15) is 17.7 Å². The van der Waals surface area contributed by atoms with E-state index in [4.69, 9.17) is 4.74 Å². The van der Waals surface area contributed by atoms with Gasteiger partial charge in [-0.05, 0) is 32.4 Å². The van der Waals surface area contributed by atoms with Gasteiger partial charge in [0.25, 0.3) is 0 Å². The lowest BCUT2D eigenvalue weighted by Crippen LogP contribution is -2.52. The zero-order valence-electron chi connectivity index (χ0n) is 11.9. The topological polar surface area (TPSA) is 98.7 Å². The maximum atomic E-state index is 11.6. The number of hydrogen-bond donors (Lipinski definition) is 2. The monoisotopic (exact) mass is 358 g/mol. The minimum Gasteiger partial charge on any atom is -0.548 e. The highest BCUT2D eigenvalue weighted by molar-refractivity contribution is 9.10. The number of aliphatic hydroxyl groups excluding tert-OH is 1. The number of ether oxygens (including phenoxy) is 1. The van der Waals surface area contributed by atoms with Gasteiger partial charge in [0.2, 0.25) is 0 Å². The van der Waals surface area contributed by atoms with Gasteiger partial charge in [0.05, 0.1) is 5.97 Å². The summed E-state index contributed by atoms with van der Waals surface area (Å²) in [7, 11) is 0. The van der Waals surface area contributed by atoms with Gasteiger partial charge < -0.3 is 25.1 Å². The molecule has 1 amide bonds. The molecule has 0 aliphatic carbocycles. The second-order valence-corrected chi connectivity index (χ2v) is 6.26. The van der Waals surface area contributed by atoms with Crippen molar-refractivity contribution in [3.05, 3.63) is 34.3 Å². The predicted molar refractivity (Wildman–Crippen MR) is 77.3 cm³/mol. The molecule has 1 rings (SSSR count). The first-order valence-corrected chi connectivity index (χ1v) is 7.04. The van der Waals surface area contributed by atoms with E-state index in [1.807, 2.05) is 0 Å². The van der Waals surface area contributed by atoms with Gasteiger partial charge in [0, 0.05) is 4.47 Å². The number of aliphatic carboxylic acids is 1. The minimum absolute atomic E-state index is 0.322. The lowest BCUT2D eigenvalue weighted by Gasteiger charge is -2.27. The molecule has 0 saturated carbocycles. The van der Waals surface area contributed by atoms with E-state index in [1.165, 1.54) is 0 Å². The molecule has 2 N–H and O–H groups in total. The number of hydrogen-bond acceptors (Lipinski definition) is 5. The molecule has 21 heavy (non-hydrogen) atoms. The Kier molecular flexibility index (Phi) is 5.74. The predicted octanol–water partition coefficient (Wildman–Crippen LogP) is 1.13. The van der Waals surface area contributed by atoms with E-state index in [9.17, 15) is 19.8 Å². The largest absolute Gasteiger partial charge is 0.548 e. The van der Waals surface area contributed by atoms with Gasteiger partial charge in [-0.15, -0.1) is 0 Å². The lowest BCUT2D eigenvalue weighted by molar-refractivity contribution is -0.310. The highest BCUT2D eigenvalue weighted by Gasteiger charge is 2.27. The van der Waals surface area contributed by atoms with Gasteiger partial charge in [-0.1, -0.05) is 34.1 Å². The first-order valence-electron chi connectivity index (χ1n) is 6.24. The molecule has 0 aliphatic heterocycles. The van der Waals surface area contributed by atoms with Crippen molar-refractivity contribution in [1.29, 1.82) is 0 Å². The number of amides is 1. The minimum atomic E-state index is -1.63. The first-order chi connectivity index (χ1) is 9.61. The summed E-state index contributed by atoms with van der Waals surface area (Å²) in [6, 6.07) is 4.93. The molecule has 0 saturated heterocycles. The Bertz CT molecular complexity index is 526. The number of carbonyl (C=O) groups excluding carboxylic acids is 2. The summed E-state index contributed by atoms with van der Waals surface area (Å²) in [6.45, 7) is 4.93. The number of nitrogens with one attached hydrogen (secondary N) is 1. The molecule has 0 aliphatic rings. The van der Waals surface area contributed by atoms with E-state index in [0.717, 1.165) is 0 Å². The van der Waals surface area contributed by atoms with Crippen LogP contribution in [0.3, 0.4) is 0 Å². The standard InChI is InChI=1S/C14H18BrNO5/c1-14(2,3)21-13(20)16-10(12(18)19)11(17)8-6-4-5-7-9(8)15/h4-7,10-11,17H,1-3H3,(H,16,20)(H,18,19)/p-1/t10-,11+/m1/s1. The van der Waals surface area contributed by atoms with E-state index in [2.05, 4.69) is 21.2 Å². The van der Waals surface area contributed by atoms with Crippen molar-refractivity contribution in [2.45, 2.75) is 38.5 Å². The number of halogens is 1. The molecule has 0 bridgehead atoms. The maximum Gasteiger partial charge on any atom is 0.408 e. The fraction of sp³-hybridized carbons (Fsp3) is 0.429. The Labute approximate surface area is 131 Å². The van der Waals surface area contributed by atoms with E-state index in [0.29, 0.717) is 10.0 Å². The Hall–Kier alpha value is -1.60. The maximum absolute atomic E-state index is 11.6. The molecule has 0 radical (unpaired) electrons. The zero-order valence-corrected chi connectivity index (χ0v) is 13.5. The first kappa shape index (κ1) is 17.5. The van der Waals surface area contributed by atoms with Crippen LogP contribution in [0.5, 0.6) is 0 Å². The number of carbonyl (C=O) groups is 2. The number of alkyl carbamates (subject to hydrolysis) is 1. The van der Waals surface area contributed by atoms with Gasteiger partial charge >= 0.3 is 6.09 Å². The normalized spacial score (nSPS) is 14.1. The van der Waals surface area contributed by atoms with Crippen LogP contribution >= 0.6 is 15.9 Å². The van der Waals surface area contributed by atoms with Crippen LogP contribution < -0.4 is 10.4 Å². The van der Waals surface area contributed by atoms with Crippen LogP contribution in [-0.2, 0) is 9.53 Å². The number of aliphatic hydroxyl groups is 1. The van der Waals surface area contributed by atoms with Crippen molar-refractivity contribution in [2.75, 3.05) is 0 Å². The summed E-state index contributed by atoms with van der Waals surface area (Å²) in [5.74, 6) is -1.61. The van der Waals surface area contributed by atoms with Crippen LogP contribution in [0.4, 0.5) is 4.79 Å². The summed E-state index contributed by atoms with van der Waals surface area (Å²) in [5.41, 5.74) is -0.457. The molecule has 2 atom stereocenters. The molecule has 7 heteroatoms. The van der Waals surface area contributed by atoms with E-state index in [-0.39, 0.29) is 0 Å². The quantitative estimate of drug-likeness (QED) is 0.840. The molecule has 0 spiro atoms. The summed E-state index contributed by atoms with van der Waals surface area (Å²) >= 11 is 3.21. The van der Waals surface area contributed by atoms with E-state index in [1.54, 1.807) is 45.0 Å². The fourth-order valence-electron chi connectivity index (χ4n) is 1.60. The van der Waals surface area contributed by atoms with Crippen molar-refractivity contribution in [3.63, 3.8) is 0 Å². The van der Waals surface area contributed by atoms with Gasteiger partial charge in [-0.25, -0.2) is 4.79 Å². The highest BCUT2D eigenvalue weighted by Crippen LogP contribution is 2.25. The Morgan fingerprint density at radius 3 is 2.38 bits per heavy atom.